The van der Waals surface area contributed by atoms with Gasteiger partial charge in [0.2, 0.25) is 0 Å². The van der Waals surface area contributed by atoms with E-state index in [4.69, 9.17) is 4.55 Å². The van der Waals surface area contributed by atoms with Gasteiger partial charge in [-0.05, 0) is 46.3 Å². The molecular formula is C26H20O4S. The minimum absolute atomic E-state index is 0.138. The fourth-order valence-electron chi connectivity index (χ4n) is 3.41. The molecule has 4 aromatic carbocycles. The highest BCUT2D eigenvalue weighted by Crippen LogP contribution is 2.31. The van der Waals surface area contributed by atoms with Gasteiger partial charge >= 0.3 is 0 Å². The van der Waals surface area contributed by atoms with E-state index in [1.165, 1.54) is 12.1 Å². The standard InChI is InChI=1S/C26H20O4S/c27-26-23(17-20-5-2-1-3-6-20)14-13-22-12-9-21(18-25(22)26)8-4-7-19-10-15-24(16-11-19)31(28,29)30/h1-3,5-6,9-16,18,27H,7,17H2,(H,28,29,30). The largest absolute Gasteiger partial charge is 0.507 e. The summed E-state index contributed by atoms with van der Waals surface area (Å²) in [5.74, 6) is 6.44. The molecule has 5 heteroatoms. The van der Waals surface area contributed by atoms with Crippen molar-refractivity contribution in [1.29, 1.82) is 0 Å². The minimum atomic E-state index is -4.19. The average molecular weight is 429 g/mol. The second-order valence-electron chi connectivity index (χ2n) is 7.27. The number of rotatable bonds is 4. The maximum atomic E-state index is 11.1. The van der Waals surface area contributed by atoms with Crippen LogP contribution in [-0.2, 0) is 23.0 Å². The van der Waals surface area contributed by atoms with E-state index in [9.17, 15) is 13.5 Å². The molecule has 4 rings (SSSR count). The lowest BCUT2D eigenvalue weighted by Crippen LogP contribution is -1.97. The molecule has 4 aromatic rings. The fourth-order valence-corrected chi connectivity index (χ4v) is 3.89. The third-order valence-electron chi connectivity index (χ3n) is 5.06. The van der Waals surface area contributed by atoms with Crippen LogP contribution in [0.25, 0.3) is 10.8 Å². The summed E-state index contributed by atoms with van der Waals surface area (Å²) < 4.78 is 31.3. The molecule has 0 radical (unpaired) electrons. The van der Waals surface area contributed by atoms with E-state index < -0.39 is 10.1 Å². The summed E-state index contributed by atoms with van der Waals surface area (Å²) in [6.07, 6.45) is 1.09. The average Bonchev–Trinajstić information content (AvgIpc) is 2.76. The molecule has 31 heavy (non-hydrogen) atoms. The van der Waals surface area contributed by atoms with Crippen molar-refractivity contribution in [1.82, 2.24) is 0 Å². The summed E-state index contributed by atoms with van der Waals surface area (Å²) in [7, 11) is -4.19. The van der Waals surface area contributed by atoms with Crippen LogP contribution in [0.2, 0.25) is 0 Å². The van der Waals surface area contributed by atoms with Gasteiger partial charge in [0.25, 0.3) is 10.1 Å². The third kappa shape index (κ3) is 4.95. The van der Waals surface area contributed by atoms with E-state index in [2.05, 4.69) is 11.8 Å². The quantitative estimate of drug-likeness (QED) is 0.355. The Kier molecular flexibility index (Phi) is 5.77. The first kappa shape index (κ1) is 20.7. The molecule has 0 saturated heterocycles. The van der Waals surface area contributed by atoms with Crippen molar-refractivity contribution < 1.29 is 18.1 Å². The zero-order chi connectivity index (χ0) is 21.8. The zero-order valence-electron chi connectivity index (χ0n) is 16.6. The summed E-state index contributed by atoms with van der Waals surface area (Å²) in [4.78, 5) is -0.138. The molecule has 0 aliphatic heterocycles. The van der Waals surface area contributed by atoms with E-state index in [1.54, 1.807) is 12.1 Å². The van der Waals surface area contributed by atoms with Gasteiger partial charge in [0, 0.05) is 23.8 Å². The Labute approximate surface area is 181 Å². The highest BCUT2D eigenvalue weighted by molar-refractivity contribution is 7.85. The molecular weight excluding hydrogens is 408 g/mol. The molecule has 0 amide bonds. The number of fused-ring (bicyclic) bond motifs is 1. The molecule has 0 unspecified atom stereocenters. The lowest BCUT2D eigenvalue weighted by atomic mass is 9.98. The molecule has 0 aromatic heterocycles. The Balaban J connectivity index is 1.56. The van der Waals surface area contributed by atoms with Gasteiger partial charge < -0.3 is 5.11 Å². The molecule has 2 N–H and O–H groups in total. The monoisotopic (exact) mass is 428 g/mol. The molecule has 4 nitrogen and oxygen atoms in total. The van der Waals surface area contributed by atoms with Crippen LogP contribution in [0.3, 0.4) is 0 Å². The zero-order valence-corrected chi connectivity index (χ0v) is 17.4. The van der Waals surface area contributed by atoms with Gasteiger partial charge in [-0.3, -0.25) is 4.55 Å². The lowest BCUT2D eigenvalue weighted by molar-refractivity contribution is 0.476. The SMILES string of the molecule is O=S(=O)(O)c1ccc(CC#Cc2ccc3ccc(Cc4ccccc4)c(O)c3c2)cc1. The summed E-state index contributed by atoms with van der Waals surface area (Å²) in [6.45, 7) is 0. The number of phenolic OH excluding ortho intramolecular Hbond substituents is 1. The first-order chi connectivity index (χ1) is 14.9. The highest BCUT2D eigenvalue weighted by atomic mass is 32.2. The van der Waals surface area contributed by atoms with E-state index in [-0.39, 0.29) is 10.6 Å². The normalized spacial score (nSPS) is 11.1. The van der Waals surface area contributed by atoms with Gasteiger partial charge in [-0.2, -0.15) is 8.42 Å². The van der Waals surface area contributed by atoms with Gasteiger partial charge in [0.15, 0.2) is 0 Å². The first-order valence-electron chi connectivity index (χ1n) is 9.74. The predicted octanol–water partition coefficient (Wildman–Crippen LogP) is 4.98. The second-order valence-corrected chi connectivity index (χ2v) is 8.69. The smallest absolute Gasteiger partial charge is 0.294 e. The van der Waals surface area contributed by atoms with Crippen LogP contribution >= 0.6 is 0 Å². The van der Waals surface area contributed by atoms with Gasteiger partial charge in [-0.25, -0.2) is 0 Å². The van der Waals surface area contributed by atoms with E-state index in [0.29, 0.717) is 12.8 Å². The summed E-state index contributed by atoms with van der Waals surface area (Å²) in [5, 5.41) is 12.5. The molecule has 0 bridgehead atoms. The van der Waals surface area contributed by atoms with Crippen LogP contribution in [0.5, 0.6) is 5.75 Å². The van der Waals surface area contributed by atoms with Crippen molar-refractivity contribution in [3.63, 3.8) is 0 Å². The van der Waals surface area contributed by atoms with Crippen LogP contribution in [0.4, 0.5) is 0 Å². The number of hydrogen-bond donors (Lipinski definition) is 2. The van der Waals surface area contributed by atoms with Crippen molar-refractivity contribution in [3.05, 3.63) is 107 Å². The van der Waals surface area contributed by atoms with Crippen molar-refractivity contribution >= 4 is 20.9 Å². The van der Waals surface area contributed by atoms with Crippen LogP contribution in [-0.4, -0.2) is 18.1 Å². The molecule has 0 heterocycles. The van der Waals surface area contributed by atoms with Crippen LogP contribution < -0.4 is 0 Å². The molecule has 0 atom stereocenters. The Bertz CT molecular complexity index is 1400. The maximum Gasteiger partial charge on any atom is 0.294 e. The van der Waals surface area contributed by atoms with Crippen molar-refractivity contribution in [2.24, 2.45) is 0 Å². The Morgan fingerprint density at radius 2 is 1.52 bits per heavy atom. The van der Waals surface area contributed by atoms with Crippen molar-refractivity contribution in [2.75, 3.05) is 0 Å². The molecule has 0 saturated carbocycles. The van der Waals surface area contributed by atoms with E-state index in [1.807, 2.05) is 60.7 Å². The Morgan fingerprint density at radius 3 is 2.23 bits per heavy atom. The van der Waals surface area contributed by atoms with Crippen molar-refractivity contribution in [3.8, 4) is 17.6 Å². The van der Waals surface area contributed by atoms with E-state index in [0.717, 1.165) is 33.0 Å². The third-order valence-corrected chi connectivity index (χ3v) is 5.93. The Hall–Kier alpha value is -3.59. The fraction of sp³-hybridized carbons (Fsp3) is 0.0769. The number of benzene rings is 4. The van der Waals surface area contributed by atoms with Crippen molar-refractivity contribution in [2.45, 2.75) is 17.7 Å². The van der Waals surface area contributed by atoms with Crippen LogP contribution in [0.15, 0.2) is 89.8 Å². The van der Waals surface area contributed by atoms with Crippen LogP contribution in [0.1, 0.15) is 22.3 Å². The molecule has 0 aliphatic rings. The molecule has 0 fully saturated rings. The first-order valence-corrected chi connectivity index (χ1v) is 11.2. The highest BCUT2D eigenvalue weighted by Gasteiger charge is 2.09. The summed E-state index contributed by atoms with van der Waals surface area (Å²) >= 11 is 0. The summed E-state index contributed by atoms with van der Waals surface area (Å²) in [5.41, 5.74) is 3.62. The maximum absolute atomic E-state index is 11.1. The topological polar surface area (TPSA) is 74.6 Å². The minimum Gasteiger partial charge on any atom is -0.507 e. The Morgan fingerprint density at radius 1 is 0.806 bits per heavy atom. The molecule has 154 valence electrons. The van der Waals surface area contributed by atoms with Gasteiger partial charge in [0.05, 0.1) is 4.90 Å². The second kappa shape index (κ2) is 8.65. The van der Waals surface area contributed by atoms with E-state index >= 15 is 0 Å². The summed E-state index contributed by atoms with van der Waals surface area (Å²) in [6, 6.07) is 25.7. The lowest BCUT2D eigenvalue weighted by Gasteiger charge is -2.09. The number of phenols is 1. The van der Waals surface area contributed by atoms with Gasteiger partial charge in [-0.15, -0.1) is 0 Å². The van der Waals surface area contributed by atoms with Gasteiger partial charge in [-0.1, -0.05) is 72.5 Å². The van der Waals surface area contributed by atoms with Gasteiger partial charge in [0.1, 0.15) is 5.75 Å². The molecule has 0 spiro atoms. The number of aromatic hydroxyl groups is 1. The number of hydrogen-bond acceptors (Lipinski definition) is 3. The predicted molar refractivity (Wildman–Crippen MR) is 122 cm³/mol. The molecule has 0 aliphatic carbocycles. The van der Waals surface area contributed by atoms with Crippen LogP contribution in [0, 0.1) is 11.8 Å².